The Kier molecular flexibility index (Phi) is 4.40. The molecule has 1 amide bonds. The minimum absolute atomic E-state index is 0.156. The molecule has 2 aromatic heterocycles. The van der Waals surface area contributed by atoms with Crippen LogP contribution in [0, 0.1) is 0 Å². The highest BCUT2D eigenvalue weighted by Gasteiger charge is 2.15. The van der Waals surface area contributed by atoms with Gasteiger partial charge in [-0.25, -0.2) is 0 Å². The summed E-state index contributed by atoms with van der Waals surface area (Å²) in [4.78, 5) is 12.6. The lowest BCUT2D eigenvalue weighted by molar-refractivity contribution is -0.115. The van der Waals surface area contributed by atoms with Crippen LogP contribution in [0.3, 0.4) is 0 Å². The van der Waals surface area contributed by atoms with Crippen LogP contribution in [0.5, 0.6) is 11.5 Å². The standard InChI is InChI=1S/C22H19N3O4/c26-21(12-14-4-7-19-20(11-14)29-10-2-9-28-19)23-22-16-13-15(18-3-1-8-27-18)5-6-17(16)24-25-22/h1,3-8,11,13H,2,9-10,12H2,(H2,23,24,25,26). The molecule has 0 bridgehead atoms. The highest BCUT2D eigenvalue weighted by molar-refractivity contribution is 6.01. The Morgan fingerprint density at radius 1 is 1.07 bits per heavy atom. The van der Waals surface area contributed by atoms with Crippen molar-refractivity contribution in [1.82, 2.24) is 10.2 Å². The van der Waals surface area contributed by atoms with Crippen molar-refractivity contribution in [2.24, 2.45) is 0 Å². The Morgan fingerprint density at radius 3 is 2.83 bits per heavy atom. The Balaban J connectivity index is 1.35. The molecule has 2 N–H and O–H groups in total. The predicted octanol–water partition coefficient (Wildman–Crippen LogP) is 4.17. The van der Waals surface area contributed by atoms with Gasteiger partial charge in [-0.1, -0.05) is 6.07 Å². The maximum absolute atomic E-state index is 12.6. The molecule has 1 aliphatic rings. The van der Waals surface area contributed by atoms with Gasteiger partial charge in [0.25, 0.3) is 0 Å². The number of carbonyl (C=O) groups is 1. The van der Waals surface area contributed by atoms with E-state index in [0.29, 0.717) is 24.8 Å². The Morgan fingerprint density at radius 2 is 1.97 bits per heavy atom. The van der Waals surface area contributed by atoms with E-state index >= 15 is 0 Å². The predicted molar refractivity (Wildman–Crippen MR) is 108 cm³/mol. The number of H-pyrrole nitrogens is 1. The SMILES string of the molecule is O=C(Cc1ccc2c(c1)OCCCO2)Nc1n[nH]c2ccc(-c3ccco3)cc12. The summed E-state index contributed by atoms with van der Waals surface area (Å²) in [6.45, 7) is 1.25. The molecule has 1 aliphatic heterocycles. The van der Waals surface area contributed by atoms with Crippen molar-refractivity contribution in [3.63, 3.8) is 0 Å². The highest BCUT2D eigenvalue weighted by atomic mass is 16.5. The summed E-state index contributed by atoms with van der Waals surface area (Å²) < 4.78 is 16.8. The molecule has 5 rings (SSSR count). The highest BCUT2D eigenvalue weighted by Crippen LogP contribution is 2.31. The second kappa shape index (κ2) is 7.35. The van der Waals surface area contributed by atoms with Crippen LogP contribution < -0.4 is 14.8 Å². The molecule has 0 saturated heterocycles. The normalized spacial score (nSPS) is 13.2. The quantitative estimate of drug-likeness (QED) is 0.547. The minimum atomic E-state index is -0.156. The minimum Gasteiger partial charge on any atom is -0.490 e. The molecular formula is C22H19N3O4. The smallest absolute Gasteiger partial charge is 0.230 e. The molecular weight excluding hydrogens is 370 g/mol. The molecule has 29 heavy (non-hydrogen) atoms. The van der Waals surface area contributed by atoms with Crippen molar-refractivity contribution in [2.45, 2.75) is 12.8 Å². The van der Waals surface area contributed by atoms with Crippen LogP contribution in [-0.2, 0) is 11.2 Å². The van der Waals surface area contributed by atoms with Gasteiger partial charge in [0.2, 0.25) is 5.91 Å². The van der Waals surface area contributed by atoms with E-state index in [9.17, 15) is 4.79 Å². The fraction of sp³-hybridized carbons (Fsp3) is 0.182. The number of nitrogens with one attached hydrogen (secondary N) is 2. The number of anilines is 1. The Labute approximate surface area is 166 Å². The van der Waals surface area contributed by atoms with E-state index in [0.717, 1.165) is 40.0 Å². The van der Waals surface area contributed by atoms with Crippen molar-refractivity contribution < 1.29 is 18.7 Å². The van der Waals surface area contributed by atoms with Gasteiger partial charge >= 0.3 is 0 Å². The summed E-state index contributed by atoms with van der Waals surface area (Å²) in [5, 5.41) is 10.9. The number of benzene rings is 2. The second-order valence-electron chi connectivity index (χ2n) is 6.87. The largest absolute Gasteiger partial charge is 0.490 e. The van der Waals surface area contributed by atoms with E-state index in [1.54, 1.807) is 6.26 Å². The molecule has 3 heterocycles. The van der Waals surface area contributed by atoms with Crippen molar-refractivity contribution in [3.05, 3.63) is 60.4 Å². The first-order chi connectivity index (χ1) is 14.3. The lowest BCUT2D eigenvalue weighted by atomic mass is 10.1. The molecule has 7 nitrogen and oxygen atoms in total. The number of aromatic amines is 1. The number of amides is 1. The molecule has 0 aliphatic carbocycles. The van der Waals surface area contributed by atoms with Crippen LogP contribution in [0.1, 0.15) is 12.0 Å². The molecule has 0 fully saturated rings. The number of ether oxygens (including phenoxy) is 2. The zero-order valence-corrected chi connectivity index (χ0v) is 15.6. The molecule has 0 unspecified atom stereocenters. The van der Waals surface area contributed by atoms with Gasteiger partial charge in [0.1, 0.15) is 5.76 Å². The summed E-state index contributed by atoms with van der Waals surface area (Å²) in [6, 6.07) is 15.1. The average molecular weight is 389 g/mol. The van der Waals surface area contributed by atoms with Crippen molar-refractivity contribution in [3.8, 4) is 22.8 Å². The molecule has 146 valence electrons. The topological polar surface area (TPSA) is 89.4 Å². The third-order valence-electron chi connectivity index (χ3n) is 4.80. The van der Waals surface area contributed by atoms with Gasteiger partial charge in [-0.2, -0.15) is 5.10 Å². The van der Waals surface area contributed by atoms with Crippen LogP contribution in [0.15, 0.2) is 59.2 Å². The summed E-state index contributed by atoms with van der Waals surface area (Å²) in [5.74, 6) is 2.50. The summed E-state index contributed by atoms with van der Waals surface area (Å²) in [5.41, 5.74) is 2.61. The number of hydrogen-bond donors (Lipinski definition) is 2. The van der Waals surface area contributed by atoms with Gasteiger partial charge in [0, 0.05) is 17.4 Å². The van der Waals surface area contributed by atoms with Gasteiger partial charge < -0.3 is 19.2 Å². The molecule has 0 spiro atoms. The van der Waals surface area contributed by atoms with E-state index in [1.165, 1.54) is 0 Å². The fourth-order valence-corrected chi connectivity index (χ4v) is 3.38. The van der Waals surface area contributed by atoms with E-state index in [-0.39, 0.29) is 12.3 Å². The maximum atomic E-state index is 12.6. The van der Waals surface area contributed by atoms with Crippen LogP contribution in [0.25, 0.3) is 22.2 Å². The van der Waals surface area contributed by atoms with E-state index < -0.39 is 0 Å². The maximum Gasteiger partial charge on any atom is 0.230 e. The number of furan rings is 1. The summed E-state index contributed by atoms with van der Waals surface area (Å²) in [7, 11) is 0. The second-order valence-corrected chi connectivity index (χ2v) is 6.87. The van der Waals surface area contributed by atoms with Gasteiger partial charge in [-0.05, 0) is 48.0 Å². The molecule has 0 radical (unpaired) electrons. The first kappa shape index (κ1) is 17.4. The average Bonchev–Trinajstić information content (AvgIpc) is 3.33. The molecule has 2 aromatic carbocycles. The number of carbonyl (C=O) groups excluding carboxylic acids is 1. The van der Waals surface area contributed by atoms with Gasteiger partial charge in [-0.3, -0.25) is 9.89 Å². The molecule has 0 atom stereocenters. The van der Waals surface area contributed by atoms with Crippen LogP contribution >= 0.6 is 0 Å². The molecule has 4 aromatic rings. The Hall–Kier alpha value is -3.74. The van der Waals surface area contributed by atoms with Crippen molar-refractivity contribution in [2.75, 3.05) is 18.5 Å². The van der Waals surface area contributed by atoms with Crippen molar-refractivity contribution in [1.29, 1.82) is 0 Å². The van der Waals surface area contributed by atoms with Crippen LogP contribution in [0.4, 0.5) is 5.82 Å². The van der Waals surface area contributed by atoms with Crippen LogP contribution in [0.2, 0.25) is 0 Å². The Bertz CT molecular complexity index is 1160. The fourth-order valence-electron chi connectivity index (χ4n) is 3.38. The van der Waals surface area contributed by atoms with Gasteiger partial charge in [0.05, 0.1) is 31.4 Å². The zero-order chi connectivity index (χ0) is 19.6. The summed E-state index contributed by atoms with van der Waals surface area (Å²) in [6.07, 6.45) is 2.69. The number of nitrogens with zero attached hydrogens (tertiary/aromatic N) is 1. The lowest BCUT2D eigenvalue weighted by Crippen LogP contribution is -2.15. The third kappa shape index (κ3) is 3.54. The lowest BCUT2D eigenvalue weighted by Gasteiger charge is -2.09. The number of aromatic nitrogens is 2. The number of rotatable bonds is 4. The molecule has 7 heteroatoms. The van der Waals surface area contributed by atoms with E-state index in [2.05, 4.69) is 15.5 Å². The van der Waals surface area contributed by atoms with Crippen LogP contribution in [-0.4, -0.2) is 29.3 Å². The monoisotopic (exact) mass is 389 g/mol. The third-order valence-corrected chi connectivity index (χ3v) is 4.80. The van der Waals surface area contributed by atoms with E-state index in [4.69, 9.17) is 13.9 Å². The van der Waals surface area contributed by atoms with Crippen molar-refractivity contribution >= 4 is 22.6 Å². The molecule has 0 saturated carbocycles. The van der Waals surface area contributed by atoms with Gasteiger partial charge in [-0.15, -0.1) is 0 Å². The van der Waals surface area contributed by atoms with Gasteiger partial charge in [0.15, 0.2) is 17.3 Å². The number of hydrogen-bond acceptors (Lipinski definition) is 5. The number of fused-ring (bicyclic) bond motifs is 2. The zero-order valence-electron chi connectivity index (χ0n) is 15.6. The first-order valence-corrected chi connectivity index (χ1v) is 9.47. The first-order valence-electron chi connectivity index (χ1n) is 9.47. The van der Waals surface area contributed by atoms with E-state index in [1.807, 2.05) is 48.5 Å². The summed E-state index contributed by atoms with van der Waals surface area (Å²) >= 11 is 0.